The summed E-state index contributed by atoms with van der Waals surface area (Å²) in [6.07, 6.45) is 1.65. The minimum absolute atomic E-state index is 0.0944. The van der Waals surface area contributed by atoms with Crippen LogP contribution in [0.2, 0.25) is 0 Å². The van der Waals surface area contributed by atoms with E-state index in [-0.39, 0.29) is 4.90 Å². The van der Waals surface area contributed by atoms with Crippen LogP contribution in [0.1, 0.15) is 0 Å². The van der Waals surface area contributed by atoms with Gasteiger partial charge in [0.2, 0.25) is 0 Å². The Morgan fingerprint density at radius 3 is 2.45 bits per heavy atom. The van der Waals surface area contributed by atoms with E-state index >= 15 is 0 Å². The summed E-state index contributed by atoms with van der Waals surface area (Å²) >= 11 is 2.92. The number of thioether (sulfide) groups is 1. The van der Waals surface area contributed by atoms with Gasteiger partial charge in [-0.3, -0.25) is 0 Å². The smallest absolute Gasteiger partial charge is 0.153 e. The second-order valence-corrected chi connectivity index (χ2v) is 3.86. The Morgan fingerprint density at radius 2 is 2.00 bits per heavy atom. The molecule has 0 unspecified atom stereocenters. The Hall–Kier alpha value is 0.160. The van der Waals surface area contributed by atoms with Crippen molar-refractivity contribution in [2.45, 2.75) is 4.90 Å². The van der Waals surface area contributed by atoms with Gasteiger partial charge in [0.25, 0.3) is 0 Å². The van der Waals surface area contributed by atoms with Crippen LogP contribution in [-0.2, 0) is 0 Å². The first-order valence-corrected chi connectivity index (χ1v) is 5.14. The summed E-state index contributed by atoms with van der Waals surface area (Å²) in [4.78, 5) is 0.0944. The van der Waals surface area contributed by atoms with E-state index < -0.39 is 11.6 Å². The summed E-state index contributed by atoms with van der Waals surface area (Å²) < 4.78 is 26.2. The molecule has 0 fully saturated rings. The Labute approximate surface area is 81.5 Å². The van der Waals surface area contributed by atoms with Crippen LogP contribution < -0.4 is 0 Å². The highest BCUT2D eigenvalue weighted by atomic mass is 127. The summed E-state index contributed by atoms with van der Waals surface area (Å²) in [5.41, 5.74) is 0. The molecule has 11 heavy (non-hydrogen) atoms. The average molecular weight is 286 g/mol. The van der Waals surface area contributed by atoms with Crippen LogP contribution in [0.25, 0.3) is 0 Å². The summed E-state index contributed by atoms with van der Waals surface area (Å²) in [6, 6.07) is 2.70. The van der Waals surface area contributed by atoms with E-state index in [0.29, 0.717) is 3.57 Å². The number of hydrogen-bond donors (Lipinski definition) is 0. The van der Waals surface area contributed by atoms with Crippen LogP contribution in [0.15, 0.2) is 17.0 Å². The third-order valence-electron chi connectivity index (χ3n) is 1.21. The summed E-state index contributed by atoms with van der Waals surface area (Å²) in [7, 11) is 0. The molecule has 1 rings (SSSR count). The molecule has 0 heterocycles. The maximum atomic E-state index is 13.0. The van der Waals surface area contributed by atoms with E-state index in [4.69, 9.17) is 0 Å². The number of rotatable bonds is 1. The number of halogens is 3. The molecule has 0 nitrogen and oxygen atoms in total. The van der Waals surface area contributed by atoms with Crippen molar-refractivity contribution >= 4 is 34.4 Å². The predicted octanol–water partition coefficient (Wildman–Crippen LogP) is 3.29. The van der Waals surface area contributed by atoms with Crippen LogP contribution in [0, 0.1) is 15.2 Å². The lowest BCUT2D eigenvalue weighted by Gasteiger charge is -2.01. The molecule has 0 atom stereocenters. The van der Waals surface area contributed by atoms with Gasteiger partial charge >= 0.3 is 0 Å². The molecule has 0 saturated carbocycles. The number of benzene rings is 1. The largest absolute Gasteiger partial charge is 0.206 e. The first-order valence-electron chi connectivity index (χ1n) is 2.84. The Kier molecular flexibility index (Phi) is 3.12. The van der Waals surface area contributed by atoms with Crippen molar-refractivity contribution in [3.8, 4) is 0 Å². The molecule has 0 N–H and O–H groups in total. The van der Waals surface area contributed by atoms with E-state index in [9.17, 15) is 8.78 Å². The van der Waals surface area contributed by atoms with Crippen molar-refractivity contribution in [3.05, 3.63) is 27.3 Å². The zero-order valence-electron chi connectivity index (χ0n) is 5.70. The third kappa shape index (κ3) is 1.84. The monoisotopic (exact) mass is 286 g/mol. The molecule has 0 aliphatic rings. The van der Waals surface area contributed by atoms with Crippen molar-refractivity contribution in [2.24, 2.45) is 0 Å². The topological polar surface area (TPSA) is 0 Å². The minimum atomic E-state index is -0.490. The van der Waals surface area contributed by atoms with Crippen LogP contribution in [0.3, 0.4) is 0 Å². The zero-order chi connectivity index (χ0) is 8.43. The fourth-order valence-electron chi connectivity index (χ4n) is 0.696. The summed E-state index contributed by atoms with van der Waals surface area (Å²) in [5.74, 6) is -0.950. The maximum Gasteiger partial charge on any atom is 0.153 e. The lowest BCUT2D eigenvalue weighted by Crippen LogP contribution is -1.89. The van der Waals surface area contributed by atoms with Crippen LogP contribution in [-0.4, -0.2) is 6.26 Å². The fraction of sp³-hybridized carbons (Fsp3) is 0.143. The molecule has 1 aromatic rings. The van der Waals surface area contributed by atoms with Gasteiger partial charge in [-0.2, -0.15) is 0 Å². The Morgan fingerprint density at radius 1 is 1.36 bits per heavy atom. The van der Waals surface area contributed by atoms with Gasteiger partial charge in [-0.05, 0) is 41.0 Å². The molecule has 0 saturated heterocycles. The van der Waals surface area contributed by atoms with E-state index in [1.54, 1.807) is 6.26 Å². The van der Waals surface area contributed by atoms with Gasteiger partial charge in [0.05, 0.1) is 8.47 Å². The zero-order valence-corrected chi connectivity index (χ0v) is 8.67. The van der Waals surface area contributed by atoms with Crippen LogP contribution >= 0.6 is 34.4 Å². The highest BCUT2D eigenvalue weighted by Gasteiger charge is 2.09. The Bertz CT molecular complexity index is 275. The first kappa shape index (κ1) is 9.25. The molecule has 0 aromatic heterocycles. The van der Waals surface area contributed by atoms with Gasteiger partial charge in [-0.15, -0.1) is 11.8 Å². The van der Waals surface area contributed by atoms with Crippen molar-refractivity contribution in [2.75, 3.05) is 6.26 Å². The number of hydrogen-bond acceptors (Lipinski definition) is 1. The van der Waals surface area contributed by atoms with E-state index in [2.05, 4.69) is 0 Å². The van der Waals surface area contributed by atoms with Gasteiger partial charge in [0.1, 0.15) is 5.82 Å². The Balaban J connectivity index is 3.29. The molecule has 0 aliphatic carbocycles. The summed E-state index contributed by atoms with van der Waals surface area (Å²) in [5, 5.41) is 0. The van der Waals surface area contributed by atoms with Crippen molar-refractivity contribution < 1.29 is 8.78 Å². The van der Waals surface area contributed by atoms with Gasteiger partial charge in [-0.1, -0.05) is 0 Å². The van der Waals surface area contributed by atoms with E-state index in [1.165, 1.54) is 12.1 Å². The molecule has 1 aromatic carbocycles. The third-order valence-corrected chi connectivity index (χ3v) is 2.82. The van der Waals surface area contributed by atoms with Crippen molar-refractivity contribution in [1.29, 1.82) is 0 Å². The van der Waals surface area contributed by atoms with Gasteiger partial charge < -0.3 is 0 Å². The average Bonchev–Trinajstić information content (AvgIpc) is 1.99. The molecule has 0 bridgehead atoms. The van der Waals surface area contributed by atoms with Gasteiger partial charge in [0.15, 0.2) is 5.82 Å². The fourth-order valence-corrected chi connectivity index (χ4v) is 1.88. The minimum Gasteiger partial charge on any atom is -0.206 e. The highest BCUT2D eigenvalue weighted by Crippen LogP contribution is 2.25. The SMILES string of the molecule is CSc1c(F)ccc(I)c1F. The van der Waals surface area contributed by atoms with Gasteiger partial charge in [0, 0.05) is 0 Å². The second kappa shape index (κ2) is 3.71. The molecule has 0 radical (unpaired) electrons. The van der Waals surface area contributed by atoms with E-state index in [0.717, 1.165) is 11.8 Å². The lowest BCUT2D eigenvalue weighted by molar-refractivity contribution is 0.536. The van der Waals surface area contributed by atoms with Crippen LogP contribution in [0.4, 0.5) is 8.78 Å². The van der Waals surface area contributed by atoms with E-state index in [1.807, 2.05) is 22.6 Å². The van der Waals surface area contributed by atoms with Gasteiger partial charge in [-0.25, -0.2) is 8.78 Å². The van der Waals surface area contributed by atoms with Crippen molar-refractivity contribution in [1.82, 2.24) is 0 Å². The van der Waals surface area contributed by atoms with Crippen molar-refractivity contribution in [3.63, 3.8) is 0 Å². The molecule has 60 valence electrons. The summed E-state index contributed by atoms with van der Waals surface area (Å²) in [6.45, 7) is 0. The molecular weight excluding hydrogens is 281 g/mol. The lowest BCUT2D eigenvalue weighted by atomic mass is 10.3. The highest BCUT2D eigenvalue weighted by molar-refractivity contribution is 14.1. The predicted molar refractivity (Wildman–Crippen MR) is 50.9 cm³/mol. The molecule has 0 aliphatic heterocycles. The molecule has 0 amide bonds. The second-order valence-electron chi connectivity index (χ2n) is 1.88. The maximum absolute atomic E-state index is 13.0. The quantitative estimate of drug-likeness (QED) is 0.433. The first-order chi connectivity index (χ1) is 5.16. The molecule has 4 heteroatoms. The molecule has 0 spiro atoms. The van der Waals surface area contributed by atoms with Crippen LogP contribution in [0.5, 0.6) is 0 Å². The normalized spacial score (nSPS) is 10.2. The molecular formula is C7H5F2IS. The standard InChI is InChI=1S/C7H5F2IS/c1-11-7-4(8)2-3-5(10)6(7)9/h2-3H,1H3.